The van der Waals surface area contributed by atoms with E-state index in [9.17, 15) is 9.18 Å². The second-order valence-corrected chi connectivity index (χ2v) is 6.32. The van der Waals surface area contributed by atoms with Crippen LogP contribution >= 0.6 is 0 Å². The average Bonchev–Trinajstić information content (AvgIpc) is 2.79. The molecule has 0 aliphatic carbocycles. The van der Waals surface area contributed by atoms with Crippen LogP contribution in [-0.4, -0.2) is 42.6 Å². The number of hydrogen-bond donors (Lipinski definition) is 1. The van der Waals surface area contributed by atoms with Crippen LogP contribution in [0.15, 0.2) is 18.2 Å². The Bertz CT molecular complexity index is 679. The van der Waals surface area contributed by atoms with Crippen molar-refractivity contribution in [2.45, 2.75) is 27.2 Å². The number of methoxy groups -OCH3 is 1. The standard InChI is InChI=1S/C18H25FN2O2/c1-12(2)11-21(7-8-23-4)18(22)10-15-13(3)20-17-6-5-14(19)9-16(15)17/h5-6,9,12,20H,7-8,10-11H2,1-4H3. The third-order valence-electron chi connectivity index (χ3n) is 3.91. The highest BCUT2D eigenvalue weighted by Gasteiger charge is 2.19. The maximum atomic E-state index is 13.5. The van der Waals surface area contributed by atoms with Crippen molar-refractivity contribution in [2.24, 2.45) is 5.92 Å². The van der Waals surface area contributed by atoms with Gasteiger partial charge in [0.1, 0.15) is 5.82 Å². The molecule has 1 aromatic heterocycles. The van der Waals surface area contributed by atoms with E-state index >= 15 is 0 Å². The van der Waals surface area contributed by atoms with Gasteiger partial charge in [-0.3, -0.25) is 4.79 Å². The summed E-state index contributed by atoms with van der Waals surface area (Å²) in [5, 5.41) is 0.784. The summed E-state index contributed by atoms with van der Waals surface area (Å²) in [4.78, 5) is 17.7. The van der Waals surface area contributed by atoms with Crippen molar-refractivity contribution in [3.63, 3.8) is 0 Å². The molecule has 0 spiro atoms. The fraction of sp³-hybridized carbons (Fsp3) is 0.500. The van der Waals surface area contributed by atoms with Crippen molar-refractivity contribution in [3.05, 3.63) is 35.3 Å². The Morgan fingerprint density at radius 3 is 2.78 bits per heavy atom. The molecule has 5 heteroatoms. The van der Waals surface area contributed by atoms with Gasteiger partial charge in [0, 0.05) is 36.8 Å². The van der Waals surface area contributed by atoms with E-state index in [1.807, 2.05) is 11.8 Å². The smallest absolute Gasteiger partial charge is 0.227 e. The van der Waals surface area contributed by atoms with Gasteiger partial charge in [-0.1, -0.05) is 13.8 Å². The summed E-state index contributed by atoms with van der Waals surface area (Å²) in [6.07, 6.45) is 0.270. The van der Waals surface area contributed by atoms with Crippen molar-refractivity contribution >= 4 is 16.8 Å². The van der Waals surface area contributed by atoms with Crippen LogP contribution in [0.5, 0.6) is 0 Å². The highest BCUT2D eigenvalue weighted by atomic mass is 19.1. The first kappa shape index (κ1) is 17.5. The number of aryl methyl sites for hydroxylation is 1. The highest BCUT2D eigenvalue weighted by molar-refractivity contribution is 5.90. The first-order valence-electron chi connectivity index (χ1n) is 7.95. The second kappa shape index (κ2) is 7.59. The number of nitrogens with one attached hydrogen (secondary N) is 1. The zero-order valence-corrected chi connectivity index (χ0v) is 14.3. The molecule has 1 aromatic carbocycles. The minimum atomic E-state index is -0.288. The quantitative estimate of drug-likeness (QED) is 0.851. The van der Waals surface area contributed by atoms with Gasteiger partial charge < -0.3 is 14.6 Å². The van der Waals surface area contributed by atoms with Gasteiger partial charge in [-0.05, 0) is 36.6 Å². The number of fused-ring (bicyclic) bond motifs is 1. The van der Waals surface area contributed by atoms with Gasteiger partial charge in [0.25, 0.3) is 0 Å². The zero-order valence-electron chi connectivity index (χ0n) is 14.3. The fourth-order valence-electron chi connectivity index (χ4n) is 2.81. The molecule has 0 bridgehead atoms. The van der Waals surface area contributed by atoms with E-state index in [-0.39, 0.29) is 18.1 Å². The largest absolute Gasteiger partial charge is 0.383 e. The summed E-state index contributed by atoms with van der Waals surface area (Å²) in [6.45, 7) is 7.86. The lowest BCUT2D eigenvalue weighted by Crippen LogP contribution is -2.37. The number of hydrogen-bond acceptors (Lipinski definition) is 2. The van der Waals surface area contributed by atoms with E-state index in [1.165, 1.54) is 12.1 Å². The predicted molar refractivity (Wildman–Crippen MR) is 90.0 cm³/mol. The van der Waals surface area contributed by atoms with Crippen LogP contribution in [-0.2, 0) is 16.0 Å². The van der Waals surface area contributed by atoms with Crippen LogP contribution in [0.1, 0.15) is 25.1 Å². The Hall–Kier alpha value is -1.88. The maximum Gasteiger partial charge on any atom is 0.227 e. The topological polar surface area (TPSA) is 45.3 Å². The Morgan fingerprint density at radius 2 is 2.13 bits per heavy atom. The molecule has 0 saturated heterocycles. The van der Waals surface area contributed by atoms with Crippen LogP contribution < -0.4 is 0 Å². The average molecular weight is 320 g/mol. The first-order chi connectivity index (χ1) is 10.9. The molecule has 23 heavy (non-hydrogen) atoms. The molecular formula is C18H25FN2O2. The van der Waals surface area contributed by atoms with Crippen LogP contribution in [0.3, 0.4) is 0 Å². The number of amides is 1. The lowest BCUT2D eigenvalue weighted by atomic mass is 10.1. The van der Waals surface area contributed by atoms with Crippen molar-refractivity contribution in [3.8, 4) is 0 Å². The number of H-pyrrole nitrogens is 1. The number of aromatic nitrogens is 1. The molecular weight excluding hydrogens is 295 g/mol. The number of rotatable bonds is 7. The minimum Gasteiger partial charge on any atom is -0.383 e. The summed E-state index contributed by atoms with van der Waals surface area (Å²) in [5.41, 5.74) is 2.64. The minimum absolute atomic E-state index is 0.0454. The first-order valence-corrected chi connectivity index (χ1v) is 7.95. The summed E-state index contributed by atoms with van der Waals surface area (Å²) in [7, 11) is 1.63. The lowest BCUT2D eigenvalue weighted by molar-refractivity contribution is -0.131. The zero-order chi connectivity index (χ0) is 17.0. The molecule has 2 aromatic rings. The highest BCUT2D eigenvalue weighted by Crippen LogP contribution is 2.24. The predicted octanol–water partition coefficient (Wildman–Crippen LogP) is 3.29. The summed E-state index contributed by atoms with van der Waals surface area (Å²) in [5.74, 6) is 0.143. The number of ether oxygens (including phenoxy) is 1. The molecule has 0 aliphatic heterocycles. The third-order valence-corrected chi connectivity index (χ3v) is 3.91. The van der Waals surface area contributed by atoms with Gasteiger partial charge in [-0.15, -0.1) is 0 Å². The molecule has 1 amide bonds. The molecule has 0 aliphatic rings. The van der Waals surface area contributed by atoms with Gasteiger partial charge in [-0.2, -0.15) is 0 Å². The van der Waals surface area contributed by atoms with E-state index < -0.39 is 0 Å². The van der Waals surface area contributed by atoms with Crippen molar-refractivity contribution in [1.29, 1.82) is 0 Å². The number of benzene rings is 1. The third kappa shape index (κ3) is 4.32. The molecule has 0 saturated carbocycles. The SMILES string of the molecule is COCCN(CC(C)C)C(=O)Cc1c(C)[nH]c2ccc(F)cc12. The fourth-order valence-corrected chi connectivity index (χ4v) is 2.81. The molecule has 0 unspecified atom stereocenters. The van der Waals surface area contributed by atoms with E-state index in [1.54, 1.807) is 13.2 Å². The maximum absolute atomic E-state index is 13.5. The van der Waals surface area contributed by atoms with Gasteiger partial charge in [0.15, 0.2) is 0 Å². The molecule has 0 fully saturated rings. The number of nitrogens with zero attached hydrogens (tertiary/aromatic N) is 1. The van der Waals surface area contributed by atoms with Crippen LogP contribution in [0, 0.1) is 18.7 Å². The van der Waals surface area contributed by atoms with E-state index in [0.29, 0.717) is 25.6 Å². The van der Waals surface area contributed by atoms with Crippen LogP contribution in [0.4, 0.5) is 4.39 Å². The molecule has 0 radical (unpaired) electrons. The van der Waals surface area contributed by atoms with E-state index in [4.69, 9.17) is 4.74 Å². The molecule has 0 atom stereocenters. The van der Waals surface area contributed by atoms with Crippen molar-refractivity contribution in [1.82, 2.24) is 9.88 Å². The number of halogens is 1. The molecule has 1 heterocycles. The molecule has 126 valence electrons. The lowest BCUT2D eigenvalue weighted by Gasteiger charge is -2.24. The van der Waals surface area contributed by atoms with Gasteiger partial charge >= 0.3 is 0 Å². The van der Waals surface area contributed by atoms with E-state index in [2.05, 4.69) is 18.8 Å². The second-order valence-electron chi connectivity index (χ2n) is 6.32. The van der Waals surface area contributed by atoms with Gasteiger partial charge in [-0.25, -0.2) is 4.39 Å². The van der Waals surface area contributed by atoms with Crippen LogP contribution in [0.2, 0.25) is 0 Å². The Kier molecular flexibility index (Phi) is 5.77. The van der Waals surface area contributed by atoms with E-state index in [0.717, 1.165) is 22.2 Å². The van der Waals surface area contributed by atoms with Crippen LogP contribution in [0.25, 0.3) is 10.9 Å². The Balaban J connectivity index is 2.23. The summed E-state index contributed by atoms with van der Waals surface area (Å²) in [6, 6.07) is 4.62. The van der Waals surface area contributed by atoms with Crippen molar-refractivity contribution in [2.75, 3.05) is 26.8 Å². The van der Waals surface area contributed by atoms with Crippen molar-refractivity contribution < 1.29 is 13.9 Å². The summed E-state index contributed by atoms with van der Waals surface area (Å²) < 4.78 is 18.6. The van der Waals surface area contributed by atoms with Gasteiger partial charge in [0.2, 0.25) is 5.91 Å². The Labute approximate surface area is 136 Å². The number of carbonyl (C=O) groups is 1. The number of carbonyl (C=O) groups excluding carboxylic acids is 1. The normalized spacial score (nSPS) is 11.4. The number of aromatic amines is 1. The molecule has 2 rings (SSSR count). The Morgan fingerprint density at radius 1 is 1.39 bits per heavy atom. The molecule has 1 N–H and O–H groups in total. The summed E-state index contributed by atoms with van der Waals surface area (Å²) >= 11 is 0. The molecule has 4 nitrogen and oxygen atoms in total. The van der Waals surface area contributed by atoms with Gasteiger partial charge in [0.05, 0.1) is 13.0 Å². The monoisotopic (exact) mass is 320 g/mol.